The monoisotopic (exact) mass is 380 g/mol. The molecule has 1 aliphatic heterocycles. The third-order valence-corrected chi connectivity index (χ3v) is 5.44. The van der Waals surface area contributed by atoms with Crippen molar-refractivity contribution >= 4 is 11.6 Å². The molecule has 150 valence electrons. The summed E-state index contributed by atoms with van der Waals surface area (Å²) >= 11 is 0. The smallest absolute Gasteiger partial charge is 0.228 e. The Hall–Kier alpha value is -2.17. The van der Waals surface area contributed by atoms with Gasteiger partial charge < -0.3 is 15.3 Å². The van der Waals surface area contributed by atoms with E-state index in [-0.39, 0.29) is 23.8 Å². The molecule has 1 atom stereocenters. The van der Waals surface area contributed by atoms with Crippen molar-refractivity contribution in [1.82, 2.24) is 4.90 Å². The van der Waals surface area contributed by atoms with Crippen molar-refractivity contribution in [2.45, 2.75) is 33.6 Å². The van der Waals surface area contributed by atoms with Crippen molar-refractivity contribution in [3.8, 4) is 11.1 Å². The maximum Gasteiger partial charge on any atom is 0.228 e. The summed E-state index contributed by atoms with van der Waals surface area (Å²) in [5.74, 6) is 0.0822. The van der Waals surface area contributed by atoms with Crippen LogP contribution < -0.4 is 5.32 Å². The summed E-state index contributed by atoms with van der Waals surface area (Å²) in [4.78, 5) is 15.2. The lowest BCUT2D eigenvalue weighted by atomic mass is 9.90. The Bertz CT molecular complexity index is 816. The highest BCUT2D eigenvalue weighted by molar-refractivity contribution is 5.93. The van der Waals surface area contributed by atoms with Crippen LogP contribution in [0.3, 0.4) is 0 Å². The van der Waals surface area contributed by atoms with Crippen molar-refractivity contribution in [1.29, 1.82) is 0 Å². The van der Waals surface area contributed by atoms with Crippen LogP contribution in [0.1, 0.15) is 32.3 Å². The highest BCUT2D eigenvalue weighted by Gasteiger charge is 2.29. The van der Waals surface area contributed by atoms with Crippen LogP contribution in [0, 0.1) is 18.3 Å². The topological polar surface area (TPSA) is 52.6 Å². The maximum atomic E-state index is 12.9. The van der Waals surface area contributed by atoms with E-state index in [0.717, 1.165) is 49.3 Å². The summed E-state index contributed by atoms with van der Waals surface area (Å²) in [5.41, 5.74) is 4.19. The second kappa shape index (κ2) is 8.89. The summed E-state index contributed by atoms with van der Waals surface area (Å²) < 4.78 is 0. The van der Waals surface area contributed by atoms with Crippen LogP contribution in [0.2, 0.25) is 0 Å². The first-order chi connectivity index (χ1) is 13.4. The van der Waals surface area contributed by atoms with Crippen LogP contribution in [-0.4, -0.2) is 42.2 Å². The van der Waals surface area contributed by atoms with Gasteiger partial charge in [-0.15, -0.1) is 0 Å². The minimum atomic E-state index is -0.138. The van der Waals surface area contributed by atoms with E-state index in [1.54, 1.807) is 0 Å². The molecule has 1 amide bonds. The highest BCUT2D eigenvalue weighted by Crippen LogP contribution is 2.26. The summed E-state index contributed by atoms with van der Waals surface area (Å²) in [7, 11) is 0. The van der Waals surface area contributed by atoms with Gasteiger partial charge in [-0.2, -0.15) is 0 Å². The lowest BCUT2D eigenvalue weighted by Crippen LogP contribution is -2.45. The number of aliphatic hydroxyl groups excluding tert-OH is 1. The zero-order valence-corrected chi connectivity index (χ0v) is 17.2. The van der Waals surface area contributed by atoms with Gasteiger partial charge in [0.25, 0.3) is 0 Å². The molecule has 4 heteroatoms. The predicted molar refractivity (Wildman–Crippen MR) is 115 cm³/mol. The summed E-state index contributed by atoms with van der Waals surface area (Å²) in [6.45, 7) is 8.94. The molecule has 1 saturated heterocycles. The Morgan fingerprint density at radius 1 is 1.18 bits per heavy atom. The van der Waals surface area contributed by atoms with E-state index >= 15 is 0 Å². The summed E-state index contributed by atoms with van der Waals surface area (Å²) in [5, 5.41) is 12.6. The molecular weight excluding hydrogens is 348 g/mol. The van der Waals surface area contributed by atoms with Gasteiger partial charge in [0, 0.05) is 30.8 Å². The van der Waals surface area contributed by atoms with Crippen LogP contribution in [-0.2, 0) is 4.79 Å². The first-order valence-electron chi connectivity index (χ1n) is 10.2. The van der Waals surface area contributed by atoms with Gasteiger partial charge in [-0.25, -0.2) is 0 Å². The zero-order valence-electron chi connectivity index (χ0n) is 17.2. The Morgan fingerprint density at radius 3 is 2.61 bits per heavy atom. The number of hydrogen-bond donors (Lipinski definition) is 2. The minimum Gasteiger partial charge on any atom is -0.396 e. The number of anilines is 1. The molecule has 2 aromatic carbocycles. The van der Waals surface area contributed by atoms with Crippen molar-refractivity contribution in [2.24, 2.45) is 11.3 Å². The quantitative estimate of drug-likeness (QED) is 0.784. The van der Waals surface area contributed by atoms with E-state index in [9.17, 15) is 9.90 Å². The van der Waals surface area contributed by atoms with Crippen LogP contribution in [0.4, 0.5) is 5.69 Å². The van der Waals surface area contributed by atoms with E-state index < -0.39 is 0 Å². The number of aliphatic hydroxyl groups is 1. The highest BCUT2D eigenvalue weighted by atomic mass is 16.3. The second-order valence-electron chi connectivity index (χ2n) is 8.84. The summed E-state index contributed by atoms with van der Waals surface area (Å²) in [6, 6.07) is 16.4. The van der Waals surface area contributed by atoms with Crippen LogP contribution in [0.15, 0.2) is 48.5 Å². The third-order valence-electron chi connectivity index (χ3n) is 5.44. The third kappa shape index (κ3) is 5.43. The number of aryl methyl sites for hydroxylation is 1. The molecule has 1 aliphatic rings. The molecule has 0 aliphatic carbocycles. The van der Waals surface area contributed by atoms with Gasteiger partial charge in [0.05, 0.1) is 5.92 Å². The number of benzene rings is 2. The zero-order chi connectivity index (χ0) is 20.1. The molecular formula is C24H32N2O2. The Kier molecular flexibility index (Phi) is 6.53. The fourth-order valence-electron chi connectivity index (χ4n) is 3.91. The van der Waals surface area contributed by atoms with Gasteiger partial charge in [0.15, 0.2) is 0 Å². The van der Waals surface area contributed by atoms with Crippen molar-refractivity contribution in [2.75, 3.05) is 31.6 Å². The van der Waals surface area contributed by atoms with E-state index in [1.807, 2.05) is 18.2 Å². The van der Waals surface area contributed by atoms with Crippen LogP contribution >= 0.6 is 0 Å². The molecule has 4 nitrogen and oxygen atoms in total. The number of nitrogens with one attached hydrogen (secondary N) is 1. The van der Waals surface area contributed by atoms with E-state index in [0.29, 0.717) is 0 Å². The largest absolute Gasteiger partial charge is 0.396 e. The van der Waals surface area contributed by atoms with Gasteiger partial charge in [-0.3, -0.25) is 4.79 Å². The standard InChI is InChI=1S/C24H32N2O2/c1-18-7-4-8-19(13-18)20-9-5-11-22(14-20)25-23(28)21-10-6-12-26(15-21)16-24(2,3)17-27/h4-5,7-9,11,13-14,21,27H,6,10,12,15-17H2,1-3H3,(H,25,28). The van der Waals surface area contributed by atoms with Crippen molar-refractivity contribution < 1.29 is 9.90 Å². The second-order valence-corrected chi connectivity index (χ2v) is 8.84. The molecule has 0 spiro atoms. The Balaban J connectivity index is 1.65. The predicted octanol–water partition coefficient (Wildman–Crippen LogP) is 4.33. The molecule has 1 unspecified atom stereocenters. The molecule has 3 rings (SSSR count). The van der Waals surface area contributed by atoms with Crippen molar-refractivity contribution in [3.63, 3.8) is 0 Å². The molecule has 0 bridgehead atoms. The van der Waals surface area contributed by atoms with Gasteiger partial charge >= 0.3 is 0 Å². The number of piperidine rings is 1. The number of likely N-dealkylation sites (tertiary alicyclic amines) is 1. The molecule has 0 saturated carbocycles. The van der Waals surface area contributed by atoms with Gasteiger partial charge in [0.2, 0.25) is 5.91 Å². The van der Waals surface area contributed by atoms with Crippen LogP contribution in [0.25, 0.3) is 11.1 Å². The first kappa shape index (κ1) is 20.6. The SMILES string of the molecule is Cc1cccc(-c2cccc(NC(=O)C3CCCN(CC(C)(C)CO)C3)c2)c1. The number of rotatable bonds is 6. The molecule has 2 N–H and O–H groups in total. The molecule has 1 fully saturated rings. The molecule has 28 heavy (non-hydrogen) atoms. The van der Waals surface area contributed by atoms with E-state index in [4.69, 9.17) is 0 Å². The number of amides is 1. The number of carbonyl (C=O) groups is 1. The molecule has 0 radical (unpaired) electrons. The molecule has 2 aromatic rings. The minimum absolute atomic E-state index is 0.00845. The van der Waals surface area contributed by atoms with Gasteiger partial charge in [0.1, 0.15) is 0 Å². The van der Waals surface area contributed by atoms with Crippen LogP contribution in [0.5, 0.6) is 0 Å². The first-order valence-corrected chi connectivity index (χ1v) is 10.2. The fraction of sp³-hybridized carbons (Fsp3) is 0.458. The number of hydrogen-bond acceptors (Lipinski definition) is 3. The maximum absolute atomic E-state index is 12.9. The average Bonchev–Trinajstić information content (AvgIpc) is 2.68. The Labute approximate surface area is 168 Å². The lowest BCUT2D eigenvalue weighted by Gasteiger charge is -2.36. The van der Waals surface area contributed by atoms with E-state index in [1.165, 1.54) is 5.56 Å². The van der Waals surface area contributed by atoms with Crippen molar-refractivity contribution in [3.05, 3.63) is 54.1 Å². The molecule has 1 heterocycles. The number of nitrogens with zero attached hydrogens (tertiary/aromatic N) is 1. The van der Waals surface area contributed by atoms with Gasteiger partial charge in [-0.1, -0.05) is 55.8 Å². The van der Waals surface area contributed by atoms with E-state index in [2.05, 4.69) is 61.3 Å². The Morgan fingerprint density at radius 2 is 1.89 bits per heavy atom. The molecule has 0 aromatic heterocycles. The van der Waals surface area contributed by atoms with Gasteiger partial charge in [-0.05, 0) is 49.6 Å². The summed E-state index contributed by atoms with van der Waals surface area (Å²) in [6.07, 6.45) is 1.93. The number of carbonyl (C=O) groups excluding carboxylic acids is 1. The lowest BCUT2D eigenvalue weighted by molar-refractivity contribution is -0.121. The normalized spacial score (nSPS) is 18.1. The average molecular weight is 381 g/mol. The fourth-order valence-corrected chi connectivity index (χ4v) is 3.91.